The highest BCUT2D eigenvalue weighted by atomic mass is 16.5. The van der Waals surface area contributed by atoms with E-state index >= 15 is 0 Å². The van der Waals surface area contributed by atoms with E-state index in [0.29, 0.717) is 35.7 Å². The molecule has 0 aliphatic heterocycles. The number of hydrogen-bond acceptors (Lipinski definition) is 10. The van der Waals surface area contributed by atoms with E-state index < -0.39 is 0 Å². The van der Waals surface area contributed by atoms with Crippen molar-refractivity contribution in [1.82, 2.24) is 0 Å². The Labute approximate surface area is 402 Å². The second-order valence-electron chi connectivity index (χ2n) is 17.7. The van der Waals surface area contributed by atoms with Crippen LogP contribution in [0.5, 0.6) is 23.0 Å². The van der Waals surface area contributed by atoms with Crippen molar-refractivity contribution in [2.24, 2.45) is 20.5 Å². The van der Waals surface area contributed by atoms with Crippen molar-refractivity contribution >= 4 is 34.7 Å². The number of azo groups is 2. The molecular formula is C57H80N4O6. The van der Waals surface area contributed by atoms with Gasteiger partial charge in [0.05, 0.1) is 36.0 Å². The third kappa shape index (κ3) is 26.5. The highest BCUT2D eigenvalue weighted by molar-refractivity contribution is 5.73. The van der Waals surface area contributed by atoms with Crippen molar-refractivity contribution in [2.75, 3.05) is 13.2 Å². The fourth-order valence-corrected chi connectivity index (χ4v) is 7.60. The highest BCUT2D eigenvalue weighted by Crippen LogP contribution is 2.26. The fourth-order valence-electron chi connectivity index (χ4n) is 7.60. The zero-order chi connectivity index (χ0) is 47.3. The van der Waals surface area contributed by atoms with Gasteiger partial charge in [-0.3, -0.25) is 9.59 Å². The molecule has 0 spiro atoms. The van der Waals surface area contributed by atoms with Crippen LogP contribution in [-0.2, 0) is 9.59 Å². The summed E-state index contributed by atoms with van der Waals surface area (Å²) in [7, 11) is 0. The maximum absolute atomic E-state index is 12.4. The van der Waals surface area contributed by atoms with Gasteiger partial charge in [-0.2, -0.15) is 20.5 Å². The predicted molar refractivity (Wildman–Crippen MR) is 272 cm³/mol. The molecule has 0 unspecified atom stereocenters. The summed E-state index contributed by atoms with van der Waals surface area (Å²) in [5, 5.41) is 17.3. The summed E-state index contributed by atoms with van der Waals surface area (Å²) in [5.74, 6) is 2.28. The van der Waals surface area contributed by atoms with E-state index in [-0.39, 0.29) is 11.9 Å². The molecule has 0 atom stereocenters. The molecule has 4 aromatic carbocycles. The van der Waals surface area contributed by atoms with Crippen LogP contribution in [0.3, 0.4) is 0 Å². The Bertz CT molecular complexity index is 1790. The Hall–Kier alpha value is -5.38. The Kier molecular flexibility index (Phi) is 28.9. The number of carbonyl (C=O) groups is 2. The van der Waals surface area contributed by atoms with Crippen molar-refractivity contribution in [2.45, 2.75) is 187 Å². The van der Waals surface area contributed by atoms with Gasteiger partial charge in [0.1, 0.15) is 23.0 Å². The number of unbranched alkanes of at least 4 members (excludes halogenated alkanes) is 22. The lowest BCUT2D eigenvalue weighted by Crippen LogP contribution is -2.07. The first-order valence-corrected chi connectivity index (χ1v) is 25.9. The topological polar surface area (TPSA) is 121 Å². The summed E-state index contributed by atoms with van der Waals surface area (Å²) >= 11 is 0. The maximum atomic E-state index is 12.4. The van der Waals surface area contributed by atoms with Gasteiger partial charge in [0, 0.05) is 12.8 Å². The van der Waals surface area contributed by atoms with Crippen LogP contribution < -0.4 is 18.9 Å². The first-order chi connectivity index (χ1) is 33.0. The van der Waals surface area contributed by atoms with Gasteiger partial charge in [-0.05, 0) is 123 Å². The van der Waals surface area contributed by atoms with Crippen molar-refractivity contribution in [3.05, 3.63) is 97.1 Å². The van der Waals surface area contributed by atoms with E-state index in [2.05, 4.69) is 34.3 Å². The van der Waals surface area contributed by atoms with Crippen LogP contribution in [0.25, 0.3) is 0 Å². The molecule has 0 saturated heterocycles. The molecule has 10 nitrogen and oxygen atoms in total. The first kappa shape index (κ1) is 54.2. The van der Waals surface area contributed by atoms with Crippen LogP contribution in [0.2, 0.25) is 0 Å². The van der Waals surface area contributed by atoms with Gasteiger partial charge in [0.25, 0.3) is 0 Å². The predicted octanol–water partition coefficient (Wildman–Crippen LogP) is 18.4. The number of esters is 2. The van der Waals surface area contributed by atoms with Crippen LogP contribution in [0.4, 0.5) is 22.7 Å². The molecule has 0 aromatic heterocycles. The number of carbonyl (C=O) groups excluding carboxylic acids is 2. The van der Waals surface area contributed by atoms with Crippen LogP contribution in [0, 0.1) is 0 Å². The number of ether oxygens (including phenoxy) is 4. The second kappa shape index (κ2) is 35.8. The molecular weight excluding hydrogens is 837 g/mol. The Morgan fingerprint density at radius 1 is 0.313 bits per heavy atom. The van der Waals surface area contributed by atoms with Gasteiger partial charge in [-0.25, -0.2) is 0 Å². The minimum atomic E-state index is -0.219. The lowest BCUT2D eigenvalue weighted by Gasteiger charge is -2.06. The molecule has 4 rings (SSSR count). The third-order valence-corrected chi connectivity index (χ3v) is 11.7. The normalized spacial score (nSPS) is 11.4. The molecule has 10 heteroatoms. The fraction of sp³-hybridized carbons (Fsp3) is 0.544. The monoisotopic (exact) mass is 917 g/mol. The SMILES string of the molecule is CCCCCCCCCCOc1ccc(N=Nc2ccc(OC(=O)CCCCCCCCCCCC(=O)Oc3ccc(N=Nc4ccc(OCCCCCCCCCC)cc4)cc3)cc2)cc1. The number of benzene rings is 4. The van der Waals surface area contributed by atoms with Crippen LogP contribution in [-0.4, -0.2) is 25.2 Å². The zero-order valence-electron chi connectivity index (χ0n) is 41.0. The molecule has 0 aliphatic carbocycles. The molecule has 0 heterocycles. The van der Waals surface area contributed by atoms with Crippen molar-refractivity contribution < 1.29 is 28.5 Å². The molecule has 0 aliphatic rings. The minimum Gasteiger partial charge on any atom is -0.494 e. The maximum Gasteiger partial charge on any atom is 0.311 e. The summed E-state index contributed by atoms with van der Waals surface area (Å²) in [5.41, 5.74) is 2.86. The quantitative estimate of drug-likeness (QED) is 0.0191. The summed E-state index contributed by atoms with van der Waals surface area (Å²) in [6.07, 6.45) is 30.6. The summed E-state index contributed by atoms with van der Waals surface area (Å²) in [6.45, 7) is 5.98. The molecule has 0 bridgehead atoms. The van der Waals surface area contributed by atoms with E-state index in [1.54, 1.807) is 48.5 Å². The molecule has 4 aromatic rings. The number of rotatable bonds is 38. The second-order valence-corrected chi connectivity index (χ2v) is 17.7. The van der Waals surface area contributed by atoms with Crippen molar-refractivity contribution in [3.8, 4) is 23.0 Å². The Balaban J connectivity index is 0.943. The van der Waals surface area contributed by atoms with E-state index in [9.17, 15) is 9.59 Å². The largest absolute Gasteiger partial charge is 0.494 e. The minimum absolute atomic E-state index is 0.219. The van der Waals surface area contributed by atoms with E-state index in [4.69, 9.17) is 18.9 Å². The van der Waals surface area contributed by atoms with Gasteiger partial charge in [0.2, 0.25) is 0 Å². The molecule has 0 saturated carbocycles. The lowest BCUT2D eigenvalue weighted by atomic mass is 10.1. The Morgan fingerprint density at radius 3 is 0.836 bits per heavy atom. The molecule has 67 heavy (non-hydrogen) atoms. The van der Waals surface area contributed by atoms with E-state index in [1.807, 2.05) is 48.5 Å². The average Bonchev–Trinajstić information content (AvgIpc) is 3.35. The standard InChI is InChI=1S/C57H80N4O6/c1-3-5-7-9-11-18-22-26-46-64-52-38-30-48(31-39-52)58-60-50-34-42-54(43-35-50)66-56(62)28-24-20-16-14-13-15-17-21-25-29-57(63)67-55-44-36-51(37-45-55)61-59-49-32-40-53(41-33-49)65-47-27-23-19-12-10-8-6-4-2/h30-45H,3-29,46-47H2,1-2H3. The molecule has 0 amide bonds. The van der Waals surface area contributed by atoms with Crippen LogP contribution in [0.15, 0.2) is 118 Å². The summed E-state index contributed by atoms with van der Waals surface area (Å²) in [4.78, 5) is 24.8. The van der Waals surface area contributed by atoms with E-state index in [0.717, 1.165) is 107 Å². The number of nitrogens with zero attached hydrogens (tertiary/aromatic N) is 4. The van der Waals surface area contributed by atoms with Gasteiger partial charge in [-0.15, -0.1) is 0 Å². The number of hydrogen-bond donors (Lipinski definition) is 0. The zero-order valence-corrected chi connectivity index (χ0v) is 41.0. The van der Waals surface area contributed by atoms with Gasteiger partial charge in [0.15, 0.2) is 0 Å². The lowest BCUT2D eigenvalue weighted by molar-refractivity contribution is -0.135. The molecule has 0 radical (unpaired) electrons. The van der Waals surface area contributed by atoms with Gasteiger partial charge < -0.3 is 18.9 Å². The molecule has 0 N–H and O–H groups in total. The highest BCUT2D eigenvalue weighted by Gasteiger charge is 2.07. The van der Waals surface area contributed by atoms with Crippen molar-refractivity contribution in [3.63, 3.8) is 0 Å². The third-order valence-electron chi connectivity index (χ3n) is 11.7. The summed E-state index contributed by atoms with van der Waals surface area (Å²) in [6, 6.07) is 29.5. The Morgan fingerprint density at radius 2 is 0.552 bits per heavy atom. The van der Waals surface area contributed by atoms with Crippen LogP contribution in [0.1, 0.15) is 187 Å². The summed E-state index contributed by atoms with van der Waals surface area (Å²) < 4.78 is 22.8. The smallest absolute Gasteiger partial charge is 0.311 e. The van der Waals surface area contributed by atoms with Crippen LogP contribution >= 0.6 is 0 Å². The first-order valence-electron chi connectivity index (χ1n) is 25.9. The van der Waals surface area contributed by atoms with Crippen molar-refractivity contribution in [1.29, 1.82) is 0 Å². The van der Waals surface area contributed by atoms with Gasteiger partial charge >= 0.3 is 11.9 Å². The molecule has 0 fully saturated rings. The van der Waals surface area contributed by atoms with Gasteiger partial charge in [-0.1, -0.05) is 149 Å². The van der Waals surface area contributed by atoms with E-state index in [1.165, 1.54) is 89.9 Å². The molecule has 364 valence electrons. The average molecular weight is 917 g/mol.